The number of nitrogens with one attached hydrogen (secondary N) is 5. The molecule has 1 aromatic heterocycles. The smallest absolute Gasteiger partial charge is 0.316 e. The first-order valence-electron chi connectivity index (χ1n) is 20.6. The maximum atomic E-state index is 14.3. The minimum atomic E-state index is -2.58. The normalized spacial score (nSPS) is 15.1. The number of aromatic nitrogens is 1. The zero-order chi connectivity index (χ0) is 49.4. The summed E-state index contributed by atoms with van der Waals surface area (Å²) in [7, 11) is 0. The second-order valence-corrected chi connectivity index (χ2v) is 17.1. The molecule has 13 N–H and O–H groups in total. The minimum Gasteiger partial charge on any atom is -0.481 e. The summed E-state index contributed by atoms with van der Waals surface area (Å²) in [4.78, 5) is 133. The number of carbonyl (C=O) groups is 10. The van der Waals surface area contributed by atoms with Crippen LogP contribution in [0, 0.1) is 24.2 Å². The van der Waals surface area contributed by atoms with Crippen LogP contribution in [0.15, 0.2) is 41.3 Å². The zero-order valence-electron chi connectivity index (χ0n) is 37.0. The molecule has 6 amide bonds. The number of nitrogens with zero attached hydrogens (tertiary/aromatic N) is 1. The predicted molar refractivity (Wildman–Crippen MR) is 226 cm³/mol. The van der Waals surface area contributed by atoms with Gasteiger partial charge >= 0.3 is 17.9 Å². The lowest BCUT2D eigenvalue weighted by Gasteiger charge is -2.34. The molecule has 0 aliphatic carbocycles. The van der Waals surface area contributed by atoms with Crippen LogP contribution >= 0.6 is 0 Å². The number of primary amides is 1. The van der Waals surface area contributed by atoms with Crippen LogP contribution in [-0.4, -0.2) is 120 Å². The Kier molecular flexibility index (Phi) is 20.4. The molecule has 0 radical (unpaired) electrons. The Morgan fingerprint density at radius 3 is 1.88 bits per heavy atom. The van der Waals surface area contributed by atoms with Crippen molar-refractivity contribution in [2.45, 2.75) is 129 Å². The van der Waals surface area contributed by atoms with Gasteiger partial charge < -0.3 is 62.9 Å². The first-order chi connectivity index (χ1) is 30.2. The molecule has 0 spiro atoms. The molecule has 358 valence electrons. The minimum absolute atomic E-state index is 0.0118. The van der Waals surface area contributed by atoms with Crippen molar-refractivity contribution < 1.29 is 72.8 Å². The monoisotopic (exact) mass is 916 g/mol. The molecule has 2 unspecified atom stereocenters. The summed E-state index contributed by atoms with van der Waals surface area (Å²) >= 11 is 0. The second kappa shape index (κ2) is 24.4. The number of benzene rings is 1. The number of aliphatic hydroxyl groups is 1. The molecular weight excluding hydrogens is 857 g/mol. The molecule has 2 rings (SSSR count). The van der Waals surface area contributed by atoms with Gasteiger partial charge in [0.15, 0.2) is 6.39 Å². The van der Waals surface area contributed by atoms with Gasteiger partial charge in [-0.1, -0.05) is 58.9 Å². The van der Waals surface area contributed by atoms with Gasteiger partial charge in [-0.25, -0.2) is 4.98 Å². The van der Waals surface area contributed by atoms with Crippen molar-refractivity contribution in [3.05, 3.63) is 53.7 Å². The fourth-order valence-corrected chi connectivity index (χ4v) is 6.46. The average molecular weight is 917 g/mol. The van der Waals surface area contributed by atoms with Gasteiger partial charge in [0.2, 0.25) is 35.3 Å². The Morgan fingerprint density at radius 1 is 0.769 bits per heavy atom. The second-order valence-electron chi connectivity index (χ2n) is 17.1. The van der Waals surface area contributed by atoms with E-state index in [4.69, 9.17) is 21.0 Å². The Balaban J connectivity index is 2.48. The first-order valence-corrected chi connectivity index (χ1v) is 20.6. The van der Waals surface area contributed by atoms with Gasteiger partial charge in [-0.05, 0) is 42.2 Å². The van der Waals surface area contributed by atoms with Crippen LogP contribution in [0.25, 0.3) is 0 Å². The predicted octanol–water partition coefficient (Wildman–Crippen LogP) is -1.19. The van der Waals surface area contributed by atoms with E-state index in [1.807, 2.05) is 0 Å². The molecule has 2 aromatic rings. The van der Waals surface area contributed by atoms with Crippen LogP contribution in [0.4, 0.5) is 0 Å². The van der Waals surface area contributed by atoms with E-state index in [9.17, 15) is 63.3 Å². The van der Waals surface area contributed by atoms with Crippen LogP contribution in [0.1, 0.15) is 90.0 Å². The van der Waals surface area contributed by atoms with Gasteiger partial charge in [0.1, 0.15) is 47.7 Å². The van der Waals surface area contributed by atoms with E-state index in [-0.39, 0.29) is 30.9 Å². The molecule has 1 aromatic carbocycles. The van der Waals surface area contributed by atoms with E-state index >= 15 is 0 Å². The van der Waals surface area contributed by atoms with Crippen molar-refractivity contribution in [2.75, 3.05) is 0 Å². The third kappa shape index (κ3) is 17.4. The number of oxazole rings is 1. The third-order valence-electron chi connectivity index (χ3n) is 10.2. The van der Waals surface area contributed by atoms with Crippen molar-refractivity contribution in [2.24, 2.45) is 28.7 Å². The Morgan fingerprint density at radius 2 is 1.35 bits per heavy atom. The number of hydrogen-bond donors (Lipinski definition) is 11. The molecule has 0 bridgehead atoms. The zero-order valence-corrected chi connectivity index (χ0v) is 37.0. The number of carbonyl (C=O) groups excluding carboxylic acids is 7. The van der Waals surface area contributed by atoms with Crippen LogP contribution in [0.2, 0.25) is 0 Å². The number of carboxylic acids is 3. The molecule has 7 atom stereocenters. The number of Topliss-reactive ketones (excluding diaryl/α,β-unsaturated/α-hetero) is 1. The molecule has 0 saturated heterocycles. The standard InChI is InChI=1S/C42H60N8O15/c1-21(2)17-26(36(58)50-42(64,40(44)63)16-15-24-19-45-20-65-24)48-38(60)33(41(4,5)6)49-35(57)27(18-23-10-8-7-9-22(23)3)47-34(56)25(11-13-29(52)53)46-37(59)32(43)31(39(61)62)28(51)12-14-30(54)55/h7-10,19-21,25-27,31-33,64H,11-18,43H2,1-6H3,(H2,44,63)(H,46,59)(H,47,56)(H,48,60)(H,49,57)(H,50,58)(H,52,53)(H,54,55)(H,61,62)/t25-,26-,27-,31?,32-,33+,42?/m0/s1. The van der Waals surface area contributed by atoms with Crippen LogP contribution < -0.4 is 38.1 Å². The van der Waals surface area contributed by atoms with Crippen molar-refractivity contribution in [3.63, 3.8) is 0 Å². The lowest BCUT2D eigenvalue weighted by atomic mass is 9.85. The van der Waals surface area contributed by atoms with E-state index in [1.165, 1.54) is 6.20 Å². The fraction of sp³-hybridized carbons (Fsp3) is 0.548. The highest BCUT2D eigenvalue weighted by atomic mass is 16.4. The van der Waals surface area contributed by atoms with Crippen LogP contribution in [-0.2, 0) is 60.8 Å². The van der Waals surface area contributed by atoms with Crippen LogP contribution in [0.3, 0.4) is 0 Å². The highest BCUT2D eigenvalue weighted by molar-refractivity contribution is 6.05. The van der Waals surface area contributed by atoms with Gasteiger partial charge in [0.05, 0.1) is 12.6 Å². The number of ketones is 1. The molecule has 23 heteroatoms. The van der Waals surface area contributed by atoms with Crippen molar-refractivity contribution in [1.29, 1.82) is 0 Å². The fourth-order valence-electron chi connectivity index (χ4n) is 6.46. The average Bonchev–Trinajstić information content (AvgIpc) is 3.73. The molecule has 0 aliphatic heterocycles. The van der Waals surface area contributed by atoms with E-state index in [0.717, 1.165) is 6.39 Å². The molecule has 1 heterocycles. The molecule has 23 nitrogen and oxygen atoms in total. The third-order valence-corrected chi connectivity index (χ3v) is 10.2. The van der Waals surface area contributed by atoms with Crippen molar-refractivity contribution >= 4 is 59.1 Å². The number of hydrogen-bond acceptors (Lipinski definition) is 14. The first kappa shape index (κ1) is 54.4. The summed E-state index contributed by atoms with van der Waals surface area (Å²) in [5, 5.41) is 51.2. The van der Waals surface area contributed by atoms with Gasteiger partial charge in [0.25, 0.3) is 5.91 Å². The number of aryl methyl sites for hydroxylation is 2. The van der Waals surface area contributed by atoms with E-state index < -0.39 is 139 Å². The number of carboxylic acid groups (broad SMARTS) is 3. The van der Waals surface area contributed by atoms with Gasteiger partial charge in [0, 0.05) is 32.1 Å². The van der Waals surface area contributed by atoms with Gasteiger partial charge in [-0.2, -0.15) is 0 Å². The summed E-state index contributed by atoms with van der Waals surface area (Å²) in [6.07, 6.45) is -1.10. The molecule has 0 fully saturated rings. The quantitative estimate of drug-likeness (QED) is 0.0371. The van der Waals surface area contributed by atoms with Gasteiger partial charge in [-0.3, -0.25) is 47.9 Å². The number of nitrogens with two attached hydrogens (primary N) is 2. The van der Waals surface area contributed by atoms with E-state index in [2.05, 4.69) is 31.6 Å². The molecule has 0 aliphatic rings. The number of rotatable bonds is 27. The summed E-state index contributed by atoms with van der Waals surface area (Å²) in [5.74, 6) is -14.7. The maximum absolute atomic E-state index is 14.3. The lowest BCUT2D eigenvalue weighted by molar-refractivity contribution is -0.151. The maximum Gasteiger partial charge on any atom is 0.316 e. The van der Waals surface area contributed by atoms with E-state index in [0.29, 0.717) is 11.1 Å². The number of aliphatic carboxylic acids is 3. The van der Waals surface area contributed by atoms with Gasteiger partial charge in [-0.15, -0.1) is 0 Å². The Hall–Kier alpha value is -6.75. The topological polar surface area (TPSA) is 390 Å². The SMILES string of the molecule is Cc1ccccc1C[C@H](NC(=O)[C@H](CCC(=O)O)NC(=O)[C@@H](N)C(C(=O)O)C(=O)CCC(=O)O)C(=O)N[C@H](C(=O)N[C@@H](CC(C)C)C(=O)NC(O)(CCc1cnco1)C(N)=O)C(C)(C)C. The molecule has 0 saturated carbocycles. The summed E-state index contributed by atoms with van der Waals surface area (Å²) in [6, 6.07) is -1.57. The van der Waals surface area contributed by atoms with E-state index in [1.54, 1.807) is 65.8 Å². The van der Waals surface area contributed by atoms with Crippen LogP contribution in [0.5, 0.6) is 0 Å². The summed E-state index contributed by atoms with van der Waals surface area (Å²) in [6.45, 7) is 9.99. The van der Waals surface area contributed by atoms with Crippen molar-refractivity contribution in [1.82, 2.24) is 31.6 Å². The molecule has 65 heavy (non-hydrogen) atoms. The number of amides is 6. The molecular formula is C42H60N8O15. The van der Waals surface area contributed by atoms with Crippen molar-refractivity contribution in [3.8, 4) is 0 Å². The largest absolute Gasteiger partial charge is 0.481 e. The highest BCUT2D eigenvalue weighted by Gasteiger charge is 2.42. The lowest BCUT2D eigenvalue weighted by Crippen LogP contribution is -2.64. The Bertz CT molecular complexity index is 2050. The Labute approximate surface area is 374 Å². The highest BCUT2D eigenvalue weighted by Crippen LogP contribution is 2.22. The summed E-state index contributed by atoms with van der Waals surface area (Å²) in [5.41, 5.74) is 8.86. The summed E-state index contributed by atoms with van der Waals surface area (Å²) < 4.78 is 5.14.